The van der Waals surface area contributed by atoms with Gasteiger partial charge in [-0.2, -0.15) is 0 Å². The maximum atomic E-state index is 11.7. The molecular weight excluding hydrogens is 348 g/mol. The Balaban J connectivity index is 2.09. The van der Waals surface area contributed by atoms with Crippen LogP contribution in [0.1, 0.15) is 58.3 Å². The minimum absolute atomic E-state index is 0.0415. The average molecular weight is 372 g/mol. The molecule has 25 heavy (non-hydrogen) atoms. The molecule has 1 N–H and O–H groups in total. The van der Waals surface area contributed by atoms with Gasteiger partial charge in [0.25, 0.3) is 11.8 Å². The lowest BCUT2D eigenvalue weighted by atomic mass is 10.2. The molecule has 0 unspecified atom stereocenters. The molecule has 1 heterocycles. The van der Waals surface area contributed by atoms with Gasteiger partial charge in [-0.3, -0.25) is 19.2 Å². The van der Waals surface area contributed by atoms with Gasteiger partial charge in [0.05, 0.1) is 6.42 Å². The highest BCUT2D eigenvalue weighted by molar-refractivity contribution is 8.13. The van der Waals surface area contributed by atoms with Crippen molar-refractivity contribution in [2.45, 2.75) is 58.3 Å². The third kappa shape index (κ3) is 8.67. The van der Waals surface area contributed by atoms with Crippen LogP contribution in [0.3, 0.4) is 0 Å². The lowest BCUT2D eigenvalue weighted by Crippen LogP contribution is -2.32. The van der Waals surface area contributed by atoms with E-state index in [1.54, 1.807) is 0 Å². The van der Waals surface area contributed by atoms with Gasteiger partial charge in [-0.1, -0.05) is 31.5 Å². The highest BCUT2D eigenvalue weighted by Gasteiger charge is 2.32. The van der Waals surface area contributed by atoms with E-state index in [2.05, 4.69) is 17.1 Å². The lowest BCUT2D eigenvalue weighted by molar-refractivity contribution is -0.197. The SMILES string of the molecule is CCCCCNC(=O)CCC(=O)SCCC(=O)ON1C(=O)CCC1=O. The fourth-order valence-electron chi connectivity index (χ4n) is 2.03. The number of thioether (sulfide) groups is 1. The molecule has 9 heteroatoms. The number of rotatable bonds is 11. The summed E-state index contributed by atoms with van der Waals surface area (Å²) >= 11 is 0.930. The van der Waals surface area contributed by atoms with E-state index in [0.717, 1.165) is 31.0 Å². The zero-order valence-electron chi connectivity index (χ0n) is 14.4. The van der Waals surface area contributed by atoms with Gasteiger partial charge in [0.1, 0.15) is 0 Å². The largest absolute Gasteiger partial charge is 0.356 e. The second kappa shape index (κ2) is 11.6. The van der Waals surface area contributed by atoms with Gasteiger partial charge in [-0.15, -0.1) is 5.06 Å². The van der Waals surface area contributed by atoms with Crippen LogP contribution >= 0.6 is 11.8 Å². The second-order valence-corrected chi connectivity index (χ2v) is 6.72. The van der Waals surface area contributed by atoms with Crippen molar-refractivity contribution in [3.8, 4) is 0 Å². The number of amides is 3. The lowest BCUT2D eigenvalue weighted by Gasteiger charge is -2.12. The summed E-state index contributed by atoms with van der Waals surface area (Å²) < 4.78 is 0. The van der Waals surface area contributed by atoms with Crippen LogP contribution in [-0.4, -0.2) is 46.2 Å². The Hall–Kier alpha value is -1.90. The van der Waals surface area contributed by atoms with Gasteiger partial charge in [-0.05, 0) is 6.42 Å². The van der Waals surface area contributed by atoms with Gasteiger partial charge >= 0.3 is 5.97 Å². The van der Waals surface area contributed by atoms with E-state index in [4.69, 9.17) is 0 Å². The smallest absolute Gasteiger partial charge is 0.334 e. The van der Waals surface area contributed by atoms with Crippen molar-refractivity contribution in [1.29, 1.82) is 0 Å². The molecule has 8 nitrogen and oxygen atoms in total. The molecule has 1 saturated heterocycles. The molecule has 0 aromatic heterocycles. The van der Waals surface area contributed by atoms with Crippen LogP contribution in [0.2, 0.25) is 0 Å². The molecule has 0 aromatic carbocycles. The van der Waals surface area contributed by atoms with Crippen LogP contribution in [0.5, 0.6) is 0 Å². The maximum Gasteiger partial charge on any atom is 0.334 e. The van der Waals surface area contributed by atoms with Crippen molar-refractivity contribution in [1.82, 2.24) is 10.4 Å². The van der Waals surface area contributed by atoms with Crippen molar-refractivity contribution in [3.63, 3.8) is 0 Å². The zero-order valence-corrected chi connectivity index (χ0v) is 15.2. The summed E-state index contributed by atoms with van der Waals surface area (Å²) in [7, 11) is 0. The van der Waals surface area contributed by atoms with Crippen LogP contribution in [-0.2, 0) is 28.8 Å². The van der Waals surface area contributed by atoms with Gasteiger partial charge < -0.3 is 10.2 Å². The molecule has 0 radical (unpaired) electrons. The van der Waals surface area contributed by atoms with Crippen molar-refractivity contribution in [2.75, 3.05) is 12.3 Å². The number of hydrogen-bond acceptors (Lipinski definition) is 7. The average Bonchev–Trinajstić information content (AvgIpc) is 2.89. The van der Waals surface area contributed by atoms with Gasteiger partial charge in [-0.25, -0.2) is 4.79 Å². The summed E-state index contributed by atoms with van der Waals surface area (Å²) in [6, 6.07) is 0. The molecule has 0 spiro atoms. The highest BCUT2D eigenvalue weighted by atomic mass is 32.2. The summed E-state index contributed by atoms with van der Waals surface area (Å²) in [4.78, 5) is 62.0. The van der Waals surface area contributed by atoms with E-state index in [-0.39, 0.29) is 48.9 Å². The predicted octanol–water partition coefficient (Wildman–Crippen LogP) is 1.33. The Morgan fingerprint density at radius 1 is 1.08 bits per heavy atom. The number of nitrogens with one attached hydrogen (secondary N) is 1. The Labute approximate surface area is 151 Å². The van der Waals surface area contributed by atoms with E-state index in [1.165, 1.54) is 0 Å². The quantitative estimate of drug-likeness (QED) is 0.430. The normalized spacial score (nSPS) is 13.9. The fraction of sp³-hybridized carbons (Fsp3) is 0.688. The minimum Gasteiger partial charge on any atom is -0.356 e. The van der Waals surface area contributed by atoms with Crippen LogP contribution in [0, 0.1) is 0 Å². The first-order chi connectivity index (χ1) is 11.9. The molecule has 1 rings (SSSR count). The Morgan fingerprint density at radius 2 is 1.76 bits per heavy atom. The van der Waals surface area contributed by atoms with Gasteiger partial charge in [0, 0.05) is 38.0 Å². The molecule has 1 aliphatic rings. The monoisotopic (exact) mass is 372 g/mol. The fourth-order valence-corrected chi connectivity index (χ4v) is 2.78. The van der Waals surface area contributed by atoms with E-state index in [9.17, 15) is 24.0 Å². The Bertz CT molecular complexity index is 507. The van der Waals surface area contributed by atoms with Gasteiger partial charge in [0.15, 0.2) is 5.12 Å². The molecular formula is C16H24N2O6S. The van der Waals surface area contributed by atoms with E-state index < -0.39 is 17.8 Å². The third-order valence-corrected chi connectivity index (χ3v) is 4.36. The van der Waals surface area contributed by atoms with E-state index in [0.29, 0.717) is 11.6 Å². The summed E-state index contributed by atoms with van der Waals surface area (Å²) in [6.45, 7) is 2.70. The molecule has 0 atom stereocenters. The van der Waals surface area contributed by atoms with Crippen LogP contribution in [0.15, 0.2) is 0 Å². The topological polar surface area (TPSA) is 110 Å². The van der Waals surface area contributed by atoms with Crippen LogP contribution in [0.25, 0.3) is 0 Å². The molecule has 0 aromatic rings. The van der Waals surface area contributed by atoms with E-state index >= 15 is 0 Å². The number of hydrogen-bond donors (Lipinski definition) is 1. The number of carbonyl (C=O) groups excluding carboxylic acids is 5. The number of carbonyl (C=O) groups is 5. The summed E-state index contributed by atoms with van der Waals surface area (Å²) in [6.07, 6.45) is 3.26. The number of imide groups is 1. The second-order valence-electron chi connectivity index (χ2n) is 5.57. The molecule has 1 aliphatic heterocycles. The van der Waals surface area contributed by atoms with Crippen molar-refractivity contribution in [2.24, 2.45) is 0 Å². The first-order valence-electron chi connectivity index (χ1n) is 8.43. The molecule has 0 saturated carbocycles. The van der Waals surface area contributed by atoms with Crippen LogP contribution in [0.4, 0.5) is 0 Å². The van der Waals surface area contributed by atoms with Crippen molar-refractivity contribution >= 4 is 40.6 Å². The molecule has 0 aliphatic carbocycles. The Morgan fingerprint density at radius 3 is 2.40 bits per heavy atom. The maximum absolute atomic E-state index is 11.7. The molecule has 3 amide bonds. The number of unbranched alkanes of at least 4 members (excludes halogenated alkanes) is 2. The summed E-state index contributed by atoms with van der Waals surface area (Å²) in [5, 5.41) is 3.05. The highest BCUT2D eigenvalue weighted by Crippen LogP contribution is 2.14. The number of nitrogens with zero attached hydrogens (tertiary/aromatic N) is 1. The summed E-state index contributed by atoms with van der Waals surface area (Å²) in [5.41, 5.74) is 0. The third-order valence-electron chi connectivity index (χ3n) is 3.43. The van der Waals surface area contributed by atoms with E-state index in [1.807, 2.05) is 0 Å². The zero-order chi connectivity index (χ0) is 18.7. The predicted molar refractivity (Wildman–Crippen MR) is 91.0 cm³/mol. The van der Waals surface area contributed by atoms with Crippen molar-refractivity contribution < 1.29 is 28.8 Å². The van der Waals surface area contributed by atoms with Gasteiger partial charge in [0.2, 0.25) is 5.91 Å². The Kier molecular flexibility index (Phi) is 9.83. The van der Waals surface area contributed by atoms with Crippen LogP contribution < -0.4 is 5.32 Å². The molecule has 140 valence electrons. The summed E-state index contributed by atoms with van der Waals surface area (Å²) in [5.74, 6) is -1.79. The molecule has 1 fully saturated rings. The number of hydroxylamine groups is 2. The standard InChI is InChI=1S/C16H24N2O6S/c1-2-3-4-10-17-12(19)5-8-16(23)25-11-9-15(22)24-18-13(20)6-7-14(18)21/h2-11H2,1H3,(H,17,19). The molecule has 0 bridgehead atoms. The first kappa shape index (κ1) is 21.1. The first-order valence-corrected chi connectivity index (χ1v) is 9.41. The van der Waals surface area contributed by atoms with Crippen molar-refractivity contribution in [3.05, 3.63) is 0 Å². The minimum atomic E-state index is -0.738.